The van der Waals surface area contributed by atoms with Gasteiger partial charge in [-0.1, -0.05) is 48.2 Å². The highest BCUT2D eigenvalue weighted by Gasteiger charge is 2.14. The number of hydrogen-bond donors (Lipinski definition) is 3. The molecule has 2 aromatic carbocycles. The number of carbonyl (C=O) groups is 1. The minimum Gasteiger partial charge on any atom is -0.397 e. The number of hydrogen-bond acceptors (Lipinski definition) is 8. The quantitative estimate of drug-likeness (QED) is 0.252. The highest BCUT2D eigenvalue weighted by molar-refractivity contribution is 7.22. The van der Waals surface area contributed by atoms with E-state index in [2.05, 4.69) is 57.1 Å². The third-order valence-corrected chi connectivity index (χ3v) is 6.55. The maximum atomic E-state index is 12.6. The summed E-state index contributed by atoms with van der Waals surface area (Å²) in [6.07, 6.45) is 2.70. The molecule has 1 amide bonds. The summed E-state index contributed by atoms with van der Waals surface area (Å²) in [5.41, 5.74) is 9.27. The van der Waals surface area contributed by atoms with E-state index in [1.54, 1.807) is 35.7 Å². The number of thiazole rings is 1. The molecule has 0 unspecified atom stereocenters. The van der Waals surface area contributed by atoms with Gasteiger partial charge in [0.2, 0.25) is 0 Å². The maximum absolute atomic E-state index is 12.6. The largest absolute Gasteiger partial charge is 0.397 e. The predicted octanol–water partition coefficient (Wildman–Crippen LogP) is 4.86. The van der Waals surface area contributed by atoms with E-state index in [1.807, 2.05) is 36.4 Å². The summed E-state index contributed by atoms with van der Waals surface area (Å²) >= 11 is 1.60. The average Bonchev–Trinajstić information content (AvgIpc) is 3.27. The van der Waals surface area contributed by atoms with Crippen molar-refractivity contribution in [1.29, 1.82) is 0 Å². The molecule has 186 valence electrons. The lowest BCUT2D eigenvalue weighted by atomic mass is 10.2. The van der Waals surface area contributed by atoms with E-state index in [1.165, 1.54) is 0 Å². The van der Waals surface area contributed by atoms with Gasteiger partial charge in [0.1, 0.15) is 11.5 Å². The van der Waals surface area contributed by atoms with Crippen LogP contribution in [0.25, 0.3) is 10.2 Å². The van der Waals surface area contributed by atoms with Gasteiger partial charge in [-0.3, -0.25) is 9.78 Å². The van der Waals surface area contributed by atoms with Crippen LogP contribution in [0.1, 0.15) is 22.5 Å². The Labute approximate surface area is 215 Å². The summed E-state index contributed by atoms with van der Waals surface area (Å²) in [5, 5.41) is 7.00. The van der Waals surface area contributed by atoms with Gasteiger partial charge >= 0.3 is 0 Å². The van der Waals surface area contributed by atoms with E-state index in [9.17, 15) is 4.79 Å². The normalized spacial score (nSPS) is 11.0. The molecule has 0 aliphatic carbocycles. The number of anilines is 3. The first-order chi connectivity index (χ1) is 17.4. The molecule has 0 fully saturated rings. The van der Waals surface area contributed by atoms with Crippen LogP contribution in [-0.4, -0.2) is 52.9 Å². The van der Waals surface area contributed by atoms with Gasteiger partial charge in [0.25, 0.3) is 5.91 Å². The minimum absolute atomic E-state index is 0.302. The Bertz CT molecular complexity index is 1300. The zero-order chi connectivity index (χ0) is 25.5. The summed E-state index contributed by atoms with van der Waals surface area (Å²) in [4.78, 5) is 26.0. The summed E-state index contributed by atoms with van der Waals surface area (Å²) in [7, 11) is 4.13. The first-order valence-electron chi connectivity index (χ1n) is 11.7. The van der Waals surface area contributed by atoms with Crippen molar-refractivity contribution in [3.8, 4) is 0 Å². The van der Waals surface area contributed by atoms with Crippen LogP contribution in [0, 0.1) is 0 Å². The molecule has 0 aliphatic heterocycles. The third-order valence-electron chi connectivity index (χ3n) is 5.60. The Morgan fingerprint density at radius 2 is 1.81 bits per heavy atom. The number of para-hydroxylation sites is 3. The molecule has 4 N–H and O–H groups in total. The van der Waals surface area contributed by atoms with Crippen LogP contribution in [0.3, 0.4) is 0 Å². The molecule has 9 heteroatoms. The van der Waals surface area contributed by atoms with Gasteiger partial charge in [-0.05, 0) is 63.0 Å². The molecule has 4 rings (SSSR count). The monoisotopic (exact) mass is 501 g/mol. The standard InChI is InChI=1S/C27H31N7OS/c1-19(30-27-32-23-11-6-7-12-25(23)36-27)34(16-8-15-33(2)3)18-20-13-14-24(29-17-20)26(35)31-22-10-5-4-9-21(22)28/h4-7,9-14,17H,1,8,15-16,18,28H2,2-3H3,(H,30,32)(H,31,35). The summed E-state index contributed by atoms with van der Waals surface area (Å²) < 4.78 is 1.13. The molecule has 0 aliphatic rings. The molecule has 0 radical (unpaired) electrons. The van der Waals surface area contributed by atoms with Crippen LogP contribution in [0.2, 0.25) is 0 Å². The second-order valence-corrected chi connectivity index (χ2v) is 9.76. The molecule has 0 spiro atoms. The van der Waals surface area contributed by atoms with E-state index in [0.717, 1.165) is 46.2 Å². The van der Waals surface area contributed by atoms with Gasteiger partial charge < -0.3 is 26.2 Å². The van der Waals surface area contributed by atoms with E-state index < -0.39 is 0 Å². The second kappa shape index (κ2) is 11.7. The fourth-order valence-electron chi connectivity index (χ4n) is 3.69. The number of nitrogens with one attached hydrogen (secondary N) is 2. The fourth-order valence-corrected chi connectivity index (χ4v) is 4.57. The molecule has 0 saturated carbocycles. The Kier molecular flexibility index (Phi) is 8.14. The number of nitrogen functional groups attached to an aromatic ring is 1. The predicted molar refractivity (Wildman–Crippen MR) is 149 cm³/mol. The fraction of sp³-hybridized carbons (Fsp3) is 0.222. The van der Waals surface area contributed by atoms with Crippen molar-refractivity contribution in [1.82, 2.24) is 19.8 Å². The van der Waals surface area contributed by atoms with E-state index in [-0.39, 0.29) is 5.91 Å². The van der Waals surface area contributed by atoms with Gasteiger partial charge in [0.15, 0.2) is 5.13 Å². The van der Waals surface area contributed by atoms with E-state index in [4.69, 9.17) is 5.73 Å². The van der Waals surface area contributed by atoms with Crippen molar-refractivity contribution in [3.63, 3.8) is 0 Å². The zero-order valence-electron chi connectivity index (χ0n) is 20.6. The van der Waals surface area contributed by atoms with Gasteiger partial charge in [0, 0.05) is 19.3 Å². The van der Waals surface area contributed by atoms with Crippen molar-refractivity contribution >= 4 is 44.0 Å². The number of aromatic nitrogens is 2. The number of rotatable bonds is 11. The number of pyridine rings is 1. The second-order valence-electron chi connectivity index (χ2n) is 8.73. The lowest BCUT2D eigenvalue weighted by Gasteiger charge is -2.27. The van der Waals surface area contributed by atoms with Crippen LogP contribution in [0.5, 0.6) is 0 Å². The molecular formula is C27H31N7OS. The van der Waals surface area contributed by atoms with Gasteiger partial charge in [-0.2, -0.15) is 0 Å². The number of carbonyl (C=O) groups excluding carboxylic acids is 1. The summed E-state index contributed by atoms with van der Waals surface area (Å²) in [5.74, 6) is 0.471. The lowest BCUT2D eigenvalue weighted by molar-refractivity contribution is 0.102. The number of nitrogens with two attached hydrogens (primary N) is 1. The third kappa shape index (κ3) is 6.59. The molecule has 0 saturated heterocycles. The average molecular weight is 502 g/mol. The van der Waals surface area contributed by atoms with Crippen LogP contribution in [0.15, 0.2) is 79.3 Å². The number of fused-ring (bicyclic) bond motifs is 1. The van der Waals surface area contributed by atoms with Gasteiger partial charge in [-0.15, -0.1) is 0 Å². The van der Waals surface area contributed by atoms with Crippen LogP contribution in [-0.2, 0) is 6.54 Å². The van der Waals surface area contributed by atoms with E-state index in [0.29, 0.717) is 23.6 Å². The Morgan fingerprint density at radius 1 is 1.03 bits per heavy atom. The topological polar surface area (TPSA) is 99.4 Å². The highest BCUT2D eigenvalue weighted by Crippen LogP contribution is 2.27. The van der Waals surface area contributed by atoms with Gasteiger partial charge in [0.05, 0.1) is 21.6 Å². The SMILES string of the molecule is C=C(Nc1nc2ccccc2s1)N(CCCN(C)C)Cc1ccc(C(=O)Nc2ccccc2N)nc1. The molecule has 8 nitrogen and oxygen atoms in total. The lowest BCUT2D eigenvalue weighted by Crippen LogP contribution is -2.29. The van der Waals surface area contributed by atoms with Crippen molar-refractivity contribution in [3.05, 3.63) is 90.5 Å². The first kappa shape index (κ1) is 25.2. The summed E-state index contributed by atoms with van der Waals surface area (Å²) in [6, 6.07) is 18.9. The van der Waals surface area contributed by atoms with Crippen molar-refractivity contribution in [2.75, 3.05) is 43.6 Å². The Hall–Kier alpha value is -3.95. The minimum atomic E-state index is -0.302. The molecular weight excluding hydrogens is 470 g/mol. The molecule has 0 bridgehead atoms. The number of nitrogens with zero attached hydrogens (tertiary/aromatic N) is 4. The van der Waals surface area contributed by atoms with Crippen LogP contribution >= 0.6 is 11.3 Å². The molecule has 2 heterocycles. The maximum Gasteiger partial charge on any atom is 0.274 e. The molecule has 2 aromatic heterocycles. The van der Waals surface area contributed by atoms with E-state index >= 15 is 0 Å². The molecule has 4 aromatic rings. The summed E-state index contributed by atoms with van der Waals surface area (Å²) in [6.45, 7) is 6.66. The van der Waals surface area contributed by atoms with Crippen LogP contribution in [0.4, 0.5) is 16.5 Å². The van der Waals surface area contributed by atoms with Crippen molar-refractivity contribution < 1.29 is 4.79 Å². The Balaban J connectivity index is 1.43. The smallest absolute Gasteiger partial charge is 0.274 e. The highest BCUT2D eigenvalue weighted by atomic mass is 32.1. The zero-order valence-corrected chi connectivity index (χ0v) is 21.4. The van der Waals surface area contributed by atoms with Gasteiger partial charge in [-0.25, -0.2) is 4.98 Å². The van der Waals surface area contributed by atoms with Crippen molar-refractivity contribution in [2.45, 2.75) is 13.0 Å². The number of benzene rings is 2. The van der Waals surface area contributed by atoms with Crippen LogP contribution < -0.4 is 16.4 Å². The Morgan fingerprint density at radius 3 is 2.53 bits per heavy atom. The van der Waals surface area contributed by atoms with Crippen molar-refractivity contribution in [2.24, 2.45) is 0 Å². The molecule has 0 atom stereocenters. The molecule has 36 heavy (non-hydrogen) atoms. The number of amides is 1. The first-order valence-corrected chi connectivity index (χ1v) is 12.5.